The molecule has 1 aliphatic rings. The van der Waals surface area contributed by atoms with Crippen LogP contribution in [0.1, 0.15) is 37.6 Å². The molecule has 1 aromatic carbocycles. The first-order chi connectivity index (χ1) is 13.1. The highest BCUT2D eigenvalue weighted by Gasteiger charge is 2.30. The zero-order valence-electron chi connectivity index (χ0n) is 16.0. The van der Waals surface area contributed by atoms with E-state index in [-0.39, 0.29) is 23.8 Å². The maximum Gasteiger partial charge on any atom is 0.220 e. The zero-order valence-corrected chi connectivity index (χ0v) is 16.8. The lowest BCUT2D eigenvalue weighted by Crippen LogP contribution is -2.52. The number of hydrogen-bond donors (Lipinski definition) is 1. The number of anilines is 1. The number of hydrogen-bond acceptors (Lipinski definition) is 4. The minimum atomic E-state index is -0.202. The summed E-state index contributed by atoms with van der Waals surface area (Å²) < 4.78 is 13.2. The highest BCUT2D eigenvalue weighted by molar-refractivity contribution is 7.10. The summed E-state index contributed by atoms with van der Waals surface area (Å²) in [6, 6.07) is 11.2. The first kappa shape index (κ1) is 19.8. The van der Waals surface area contributed by atoms with Gasteiger partial charge >= 0.3 is 0 Å². The van der Waals surface area contributed by atoms with Crippen LogP contribution in [-0.4, -0.2) is 43.0 Å². The Balaban J connectivity index is 1.67. The second-order valence-electron chi connectivity index (χ2n) is 7.07. The molecule has 6 heteroatoms. The first-order valence-corrected chi connectivity index (χ1v) is 10.5. The lowest BCUT2D eigenvalue weighted by molar-refractivity contribution is -0.122. The number of piperazine rings is 1. The number of nitrogens with zero attached hydrogens (tertiary/aromatic N) is 2. The molecule has 1 N–H and O–H groups in total. The van der Waals surface area contributed by atoms with E-state index in [1.54, 1.807) is 11.3 Å². The molecule has 3 rings (SSSR count). The van der Waals surface area contributed by atoms with Gasteiger partial charge in [0.05, 0.1) is 6.04 Å². The second kappa shape index (κ2) is 9.33. The third kappa shape index (κ3) is 5.08. The van der Waals surface area contributed by atoms with E-state index in [0.29, 0.717) is 6.42 Å². The maximum absolute atomic E-state index is 13.2. The molecule has 2 aromatic rings. The molecule has 2 heterocycles. The van der Waals surface area contributed by atoms with Gasteiger partial charge in [-0.2, -0.15) is 0 Å². The van der Waals surface area contributed by atoms with Crippen molar-refractivity contribution >= 4 is 22.9 Å². The molecule has 1 aromatic heterocycles. The molecule has 1 amide bonds. The molecule has 146 valence electrons. The summed E-state index contributed by atoms with van der Waals surface area (Å²) in [5.41, 5.74) is 1.06. The van der Waals surface area contributed by atoms with E-state index in [0.717, 1.165) is 38.3 Å². The Kier molecular flexibility index (Phi) is 6.85. The van der Waals surface area contributed by atoms with Gasteiger partial charge in [0.2, 0.25) is 5.91 Å². The fraction of sp³-hybridized carbons (Fsp3) is 0.476. The van der Waals surface area contributed by atoms with Crippen LogP contribution in [0, 0.1) is 5.82 Å². The number of thiophene rings is 1. The van der Waals surface area contributed by atoms with E-state index in [1.807, 2.05) is 19.1 Å². The number of amides is 1. The minimum absolute atomic E-state index is 0.0556. The molecular formula is C21H28FN3OS. The lowest BCUT2D eigenvalue weighted by atomic mass is 10.0. The summed E-state index contributed by atoms with van der Waals surface area (Å²) >= 11 is 1.74. The average molecular weight is 390 g/mol. The van der Waals surface area contributed by atoms with Crippen LogP contribution >= 0.6 is 11.3 Å². The highest BCUT2D eigenvalue weighted by Crippen LogP contribution is 2.30. The fourth-order valence-corrected chi connectivity index (χ4v) is 4.71. The molecule has 1 saturated heterocycles. The second-order valence-corrected chi connectivity index (χ2v) is 8.05. The van der Waals surface area contributed by atoms with E-state index in [2.05, 4.69) is 39.6 Å². The Hall–Kier alpha value is -1.92. The average Bonchev–Trinajstić information content (AvgIpc) is 3.17. The van der Waals surface area contributed by atoms with Crippen molar-refractivity contribution in [3.63, 3.8) is 0 Å². The van der Waals surface area contributed by atoms with Gasteiger partial charge in [-0.1, -0.05) is 13.0 Å². The molecular weight excluding hydrogens is 361 g/mol. The Morgan fingerprint density at radius 2 is 1.89 bits per heavy atom. The number of nitrogens with one attached hydrogen (secondary N) is 1. The molecule has 4 nitrogen and oxygen atoms in total. The Morgan fingerprint density at radius 3 is 2.48 bits per heavy atom. The smallest absolute Gasteiger partial charge is 0.220 e. The summed E-state index contributed by atoms with van der Waals surface area (Å²) in [4.78, 5) is 18.2. The number of carbonyl (C=O) groups is 1. The number of rotatable bonds is 7. The van der Waals surface area contributed by atoms with Crippen LogP contribution in [0.2, 0.25) is 0 Å². The number of carbonyl (C=O) groups excluding carboxylic acids is 1. The van der Waals surface area contributed by atoms with Gasteiger partial charge in [-0.05, 0) is 49.1 Å². The summed E-state index contributed by atoms with van der Waals surface area (Å²) in [5.74, 6) is -0.0803. The minimum Gasteiger partial charge on any atom is -0.369 e. The molecule has 0 bridgehead atoms. The normalized spacial score (nSPS) is 17.5. The van der Waals surface area contributed by atoms with Crippen molar-refractivity contribution in [2.75, 3.05) is 31.1 Å². The molecule has 1 aliphatic heterocycles. The van der Waals surface area contributed by atoms with Crippen molar-refractivity contribution in [2.45, 2.75) is 38.8 Å². The maximum atomic E-state index is 13.2. The molecule has 0 saturated carbocycles. The van der Waals surface area contributed by atoms with Crippen LogP contribution in [0.4, 0.5) is 10.1 Å². The number of benzene rings is 1. The van der Waals surface area contributed by atoms with E-state index in [1.165, 1.54) is 17.0 Å². The lowest BCUT2D eigenvalue weighted by Gasteiger charge is -2.42. The van der Waals surface area contributed by atoms with E-state index in [4.69, 9.17) is 0 Å². The van der Waals surface area contributed by atoms with Gasteiger partial charge in [0.1, 0.15) is 5.82 Å². The van der Waals surface area contributed by atoms with Crippen LogP contribution in [0.3, 0.4) is 0 Å². The molecule has 0 aliphatic carbocycles. The van der Waals surface area contributed by atoms with Gasteiger partial charge in [-0.25, -0.2) is 4.39 Å². The van der Waals surface area contributed by atoms with Gasteiger partial charge < -0.3 is 10.2 Å². The first-order valence-electron chi connectivity index (χ1n) is 9.66. The molecule has 2 atom stereocenters. The quantitative estimate of drug-likeness (QED) is 0.776. The van der Waals surface area contributed by atoms with Crippen LogP contribution in [0.15, 0.2) is 41.8 Å². The van der Waals surface area contributed by atoms with Gasteiger partial charge in [-0.3, -0.25) is 9.69 Å². The van der Waals surface area contributed by atoms with E-state index in [9.17, 15) is 9.18 Å². The number of halogens is 1. The Morgan fingerprint density at radius 1 is 1.19 bits per heavy atom. The van der Waals surface area contributed by atoms with Crippen molar-refractivity contribution in [1.29, 1.82) is 0 Å². The molecule has 0 spiro atoms. The van der Waals surface area contributed by atoms with Gasteiger partial charge in [-0.15, -0.1) is 11.3 Å². The standard InChI is InChI=1S/C21H28FN3OS/c1-3-5-20(26)23-16(2)21(19-6-4-15-27-19)25-13-11-24(12-14-25)18-9-7-17(22)8-10-18/h4,6-10,15-16,21H,3,5,11-14H2,1-2H3,(H,23,26)/t16-,21+/m0/s1. The van der Waals surface area contributed by atoms with Gasteiger partial charge in [0.25, 0.3) is 0 Å². The predicted octanol–water partition coefficient (Wildman–Crippen LogP) is 4.06. The van der Waals surface area contributed by atoms with Gasteiger partial charge in [0, 0.05) is 49.2 Å². The van der Waals surface area contributed by atoms with Crippen LogP contribution < -0.4 is 10.2 Å². The summed E-state index contributed by atoms with van der Waals surface area (Å²) in [7, 11) is 0. The molecule has 27 heavy (non-hydrogen) atoms. The van der Waals surface area contributed by atoms with Crippen molar-refractivity contribution in [2.24, 2.45) is 0 Å². The summed E-state index contributed by atoms with van der Waals surface area (Å²) in [5, 5.41) is 5.28. The Bertz CT molecular complexity index is 712. The van der Waals surface area contributed by atoms with Crippen molar-refractivity contribution in [3.8, 4) is 0 Å². The van der Waals surface area contributed by atoms with E-state index < -0.39 is 0 Å². The fourth-order valence-electron chi connectivity index (χ4n) is 3.74. The largest absolute Gasteiger partial charge is 0.369 e. The van der Waals surface area contributed by atoms with Crippen molar-refractivity contribution < 1.29 is 9.18 Å². The molecule has 1 fully saturated rings. The summed E-state index contributed by atoms with van der Waals surface area (Å²) in [6.45, 7) is 7.73. The van der Waals surface area contributed by atoms with Crippen LogP contribution in [-0.2, 0) is 4.79 Å². The zero-order chi connectivity index (χ0) is 19.2. The highest BCUT2D eigenvalue weighted by atomic mass is 32.1. The van der Waals surface area contributed by atoms with Crippen molar-refractivity contribution in [3.05, 3.63) is 52.5 Å². The third-order valence-corrected chi connectivity index (χ3v) is 6.02. The van der Waals surface area contributed by atoms with Crippen molar-refractivity contribution in [1.82, 2.24) is 10.2 Å². The SMILES string of the molecule is CCCC(=O)N[C@@H](C)[C@H](c1cccs1)N1CCN(c2ccc(F)cc2)CC1. The Labute approximate surface area is 165 Å². The predicted molar refractivity (Wildman–Crippen MR) is 110 cm³/mol. The van der Waals surface area contributed by atoms with Crippen LogP contribution in [0.5, 0.6) is 0 Å². The van der Waals surface area contributed by atoms with E-state index >= 15 is 0 Å². The molecule has 0 radical (unpaired) electrons. The summed E-state index contributed by atoms with van der Waals surface area (Å²) in [6.07, 6.45) is 1.43. The molecule has 0 unspecified atom stereocenters. The van der Waals surface area contributed by atoms with Gasteiger partial charge in [0.15, 0.2) is 0 Å². The van der Waals surface area contributed by atoms with Crippen LogP contribution in [0.25, 0.3) is 0 Å². The topological polar surface area (TPSA) is 35.6 Å². The monoisotopic (exact) mass is 389 g/mol. The third-order valence-electron chi connectivity index (χ3n) is 5.07.